The van der Waals surface area contributed by atoms with Crippen molar-refractivity contribution in [3.05, 3.63) is 32.7 Å². The third-order valence-electron chi connectivity index (χ3n) is 3.78. The quantitative estimate of drug-likeness (QED) is 0.852. The van der Waals surface area contributed by atoms with Gasteiger partial charge in [-0.3, -0.25) is 4.90 Å². The molecule has 1 fully saturated rings. The molecule has 4 heteroatoms. The molecule has 1 atom stereocenters. The Morgan fingerprint density at radius 2 is 2.06 bits per heavy atom. The maximum Gasteiger partial charge on any atom is 0.0320 e. The Hall–Kier alpha value is 0.1000. The van der Waals surface area contributed by atoms with Crippen LogP contribution in [0.25, 0.3) is 0 Å². The van der Waals surface area contributed by atoms with Crippen LogP contribution in [-0.2, 0) is 6.54 Å². The summed E-state index contributed by atoms with van der Waals surface area (Å²) in [5.74, 6) is 0. The summed E-state index contributed by atoms with van der Waals surface area (Å²) >= 11 is 7.06. The summed E-state index contributed by atoms with van der Waals surface area (Å²) in [5, 5.41) is 0. The molecule has 100 valence electrons. The molecule has 1 unspecified atom stereocenters. The number of nitrogens with two attached hydrogens (primary N) is 1. The highest BCUT2D eigenvalue weighted by atomic mass is 79.9. The maximum absolute atomic E-state index is 6.17. The molecule has 1 aliphatic rings. The summed E-state index contributed by atoms with van der Waals surface area (Å²) in [4.78, 5) is 2.50. The van der Waals surface area contributed by atoms with Gasteiger partial charge in [0.2, 0.25) is 0 Å². The Morgan fingerprint density at radius 3 is 2.67 bits per heavy atom. The standard InChI is InChI=1S/C14H20Br2N2/c1-14(2)9-18(6-5-13(14)17)8-10-3-4-11(15)12(16)7-10/h3-4,7,13H,5-6,8-9,17H2,1-2H3. The van der Waals surface area contributed by atoms with E-state index in [1.54, 1.807) is 0 Å². The SMILES string of the molecule is CC1(C)CN(Cc2ccc(Br)c(Br)c2)CCC1N. The molecule has 2 rings (SSSR count). The molecule has 0 amide bonds. The molecule has 18 heavy (non-hydrogen) atoms. The number of hydrogen-bond acceptors (Lipinski definition) is 2. The van der Waals surface area contributed by atoms with E-state index in [9.17, 15) is 0 Å². The van der Waals surface area contributed by atoms with Crippen molar-refractivity contribution in [3.63, 3.8) is 0 Å². The van der Waals surface area contributed by atoms with E-state index in [-0.39, 0.29) is 5.41 Å². The van der Waals surface area contributed by atoms with Gasteiger partial charge < -0.3 is 5.73 Å². The predicted molar refractivity (Wildman–Crippen MR) is 83.5 cm³/mol. The van der Waals surface area contributed by atoms with Crippen LogP contribution in [0.1, 0.15) is 25.8 Å². The van der Waals surface area contributed by atoms with Crippen molar-refractivity contribution in [3.8, 4) is 0 Å². The largest absolute Gasteiger partial charge is 0.327 e. The van der Waals surface area contributed by atoms with E-state index in [1.807, 2.05) is 0 Å². The highest BCUT2D eigenvalue weighted by molar-refractivity contribution is 9.13. The third kappa shape index (κ3) is 3.35. The van der Waals surface area contributed by atoms with Gasteiger partial charge in [-0.2, -0.15) is 0 Å². The van der Waals surface area contributed by atoms with E-state index in [0.29, 0.717) is 6.04 Å². The van der Waals surface area contributed by atoms with Gasteiger partial charge >= 0.3 is 0 Å². The zero-order valence-electron chi connectivity index (χ0n) is 10.9. The van der Waals surface area contributed by atoms with E-state index < -0.39 is 0 Å². The number of piperidine rings is 1. The van der Waals surface area contributed by atoms with Crippen molar-refractivity contribution in [2.75, 3.05) is 13.1 Å². The number of hydrogen-bond donors (Lipinski definition) is 1. The van der Waals surface area contributed by atoms with Gasteiger partial charge in [0.25, 0.3) is 0 Å². The first-order chi connectivity index (χ1) is 8.38. The van der Waals surface area contributed by atoms with Crippen LogP contribution >= 0.6 is 31.9 Å². The molecule has 1 aliphatic heterocycles. The number of likely N-dealkylation sites (tertiary alicyclic amines) is 1. The van der Waals surface area contributed by atoms with Gasteiger partial charge in [0.05, 0.1) is 0 Å². The smallest absolute Gasteiger partial charge is 0.0320 e. The van der Waals surface area contributed by atoms with Crippen LogP contribution in [-0.4, -0.2) is 24.0 Å². The number of rotatable bonds is 2. The second-order valence-corrected chi connectivity index (χ2v) is 7.55. The molecule has 0 saturated carbocycles. The van der Waals surface area contributed by atoms with Crippen LogP contribution in [0, 0.1) is 5.41 Å². The Bertz CT molecular complexity index is 432. The van der Waals surface area contributed by atoms with Gasteiger partial charge in [0, 0.05) is 34.6 Å². The van der Waals surface area contributed by atoms with Crippen molar-refractivity contribution in [2.24, 2.45) is 11.1 Å². The molecule has 0 bridgehead atoms. The van der Waals surface area contributed by atoms with Crippen molar-refractivity contribution in [1.82, 2.24) is 4.90 Å². The van der Waals surface area contributed by atoms with Crippen molar-refractivity contribution >= 4 is 31.9 Å². The Kier molecular flexibility index (Phi) is 4.52. The van der Waals surface area contributed by atoms with Gasteiger partial charge in [-0.15, -0.1) is 0 Å². The molecule has 0 radical (unpaired) electrons. The van der Waals surface area contributed by atoms with E-state index >= 15 is 0 Å². The van der Waals surface area contributed by atoms with Crippen LogP contribution in [0.3, 0.4) is 0 Å². The Labute approximate surface area is 126 Å². The topological polar surface area (TPSA) is 29.3 Å². The second-order valence-electron chi connectivity index (χ2n) is 5.84. The number of benzene rings is 1. The minimum Gasteiger partial charge on any atom is -0.327 e. The summed E-state index contributed by atoms with van der Waals surface area (Å²) in [6.45, 7) is 7.70. The van der Waals surface area contributed by atoms with Gasteiger partial charge in [0.1, 0.15) is 0 Å². The first-order valence-electron chi connectivity index (χ1n) is 6.30. The van der Waals surface area contributed by atoms with E-state index in [2.05, 4.69) is 68.8 Å². The lowest BCUT2D eigenvalue weighted by molar-refractivity contribution is 0.0899. The van der Waals surface area contributed by atoms with E-state index in [0.717, 1.165) is 35.0 Å². The van der Waals surface area contributed by atoms with E-state index in [1.165, 1.54) is 5.56 Å². The molecule has 2 nitrogen and oxygen atoms in total. The first-order valence-corrected chi connectivity index (χ1v) is 7.89. The predicted octanol–water partition coefficient (Wildman–Crippen LogP) is 3.77. The zero-order valence-corrected chi connectivity index (χ0v) is 14.1. The average molecular weight is 376 g/mol. The summed E-state index contributed by atoms with van der Waals surface area (Å²) in [6.07, 6.45) is 1.09. The lowest BCUT2D eigenvalue weighted by Crippen LogP contribution is -2.52. The van der Waals surface area contributed by atoms with Crippen molar-refractivity contribution in [2.45, 2.75) is 32.9 Å². The molecule has 2 N–H and O–H groups in total. The fourth-order valence-corrected chi connectivity index (χ4v) is 3.19. The van der Waals surface area contributed by atoms with Crippen LogP contribution < -0.4 is 5.73 Å². The molecular weight excluding hydrogens is 356 g/mol. The van der Waals surface area contributed by atoms with Crippen molar-refractivity contribution in [1.29, 1.82) is 0 Å². The lowest BCUT2D eigenvalue weighted by Gasteiger charge is -2.42. The van der Waals surface area contributed by atoms with Crippen LogP contribution in [0.15, 0.2) is 27.1 Å². The molecular formula is C14H20Br2N2. The first kappa shape index (κ1) is 14.5. The average Bonchev–Trinajstić information content (AvgIpc) is 2.28. The monoisotopic (exact) mass is 374 g/mol. The highest BCUT2D eigenvalue weighted by Gasteiger charge is 2.33. The molecule has 1 saturated heterocycles. The van der Waals surface area contributed by atoms with Gasteiger partial charge in [0.15, 0.2) is 0 Å². The lowest BCUT2D eigenvalue weighted by atomic mass is 9.79. The van der Waals surface area contributed by atoms with Gasteiger partial charge in [-0.1, -0.05) is 19.9 Å². The molecule has 1 aromatic rings. The second kappa shape index (κ2) is 5.61. The van der Waals surface area contributed by atoms with Crippen LogP contribution in [0.4, 0.5) is 0 Å². The Morgan fingerprint density at radius 1 is 1.33 bits per heavy atom. The molecule has 0 aliphatic carbocycles. The van der Waals surface area contributed by atoms with Crippen molar-refractivity contribution < 1.29 is 0 Å². The normalized spacial score (nSPS) is 24.2. The van der Waals surface area contributed by atoms with Crippen LogP contribution in [0.2, 0.25) is 0 Å². The third-order valence-corrected chi connectivity index (χ3v) is 5.66. The van der Waals surface area contributed by atoms with Gasteiger partial charge in [-0.25, -0.2) is 0 Å². The molecule has 1 heterocycles. The number of halogens is 2. The summed E-state index contributed by atoms with van der Waals surface area (Å²) in [5.41, 5.74) is 7.73. The minimum absolute atomic E-state index is 0.213. The number of nitrogens with zero attached hydrogens (tertiary/aromatic N) is 1. The highest BCUT2D eigenvalue weighted by Crippen LogP contribution is 2.29. The fraction of sp³-hybridized carbons (Fsp3) is 0.571. The molecule has 0 aromatic heterocycles. The fourth-order valence-electron chi connectivity index (χ4n) is 2.52. The van der Waals surface area contributed by atoms with Crippen LogP contribution in [0.5, 0.6) is 0 Å². The van der Waals surface area contributed by atoms with E-state index in [4.69, 9.17) is 5.73 Å². The van der Waals surface area contributed by atoms with Gasteiger partial charge in [-0.05, 0) is 61.4 Å². The zero-order chi connectivity index (χ0) is 13.3. The summed E-state index contributed by atoms with van der Waals surface area (Å²) in [7, 11) is 0. The summed E-state index contributed by atoms with van der Waals surface area (Å²) < 4.78 is 2.22. The Balaban J connectivity index is 2.04. The molecule has 0 spiro atoms. The minimum atomic E-state index is 0.213. The maximum atomic E-state index is 6.17. The molecule has 1 aromatic carbocycles. The summed E-state index contributed by atoms with van der Waals surface area (Å²) in [6, 6.07) is 6.79.